The van der Waals surface area contributed by atoms with Gasteiger partial charge in [-0.05, 0) is 43.6 Å². The molecule has 11 nitrogen and oxygen atoms in total. The second-order valence-corrected chi connectivity index (χ2v) is 14.0. The topological polar surface area (TPSA) is 130 Å². The van der Waals surface area contributed by atoms with Crippen molar-refractivity contribution >= 4 is 17.9 Å². The van der Waals surface area contributed by atoms with E-state index < -0.39 is 70.8 Å². The molecule has 0 aromatic heterocycles. The van der Waals surface area contributed by atoms with Gasteiger partial charge >= 0.3 is 17.9 Å². The number of rotatable bonds is 7. The molecule has 7 bridgehead atoms. The van der Waals surface area contributed by atoms with Gasteiger partial charge < -0.3 is 38.4 Å². The monoisotopic (exact) mass is 593 g/mol. The molecule has 0 radical (unpaired) electrons. The minimum Gasteiger partial charge on any atom is -0.459 e. The van der Waals surface area contributed by atoms with Crippen molar-refractivity contribution in [2.45, 2.75) is 102 Å². The summed E-state index contributed by atoms with van der Waals surface area (Å²) in [6.07, 6.45) is -2.02. The van der Waals surface area contributed by atoms with Gasteiger partial charge in [0.2, 0.25) is 0 Å². The highest BCUT2D eigenvalue weighted by atomic mass is 16.6. The number of methoxy groups -OCH3 is 3. The lowest BCUT2D eigenvalue weighted by atomic mass is 9.41. The predicted octanol–water partition coefficient (Wildman–Crippen LogP) is 1.57. The molecule has 6 fully saturated rings. The summed E-state index contributed by atoms with van der Waals surface area (Å²) in [5.41, 5.74) is -3.90. The molecular formula is C31H47NO10. The molecular weight excluding hydrogens is 546 g/mol. The van der Waals surface area contributed by atoms with E-state index in [1.165, 1.54) is 27.9 Å². The predicted molar refractivity (Wildman–Crippen MR) is 147 cm³/mol. The SMILES string of the molecule is CC[C@]12CN(C)C3[C@@H]4[C@H](OC)[C@H]1[C@@]3([C@@H](OC)C[C@H]2C)[C@@H]1C[C@@]2(O)[C@H](OC(C)=O)[C@@H]1[C@]4(OC(C)=O)[C@@H](OC(C)=O)[C@@H]2OC. The number of piperidine rings is 1. The molecule has 0 amide bonds. The molecule has 1 aliphatic heterocycles. The van der Waals surface area contributed by atoms with Gasteiger partial charge in [-0.3, -0.25) is 14.4 Å². The Bertz CT molecular complexity index is 1160. The minimum atomic E-state index is -1.70. The molecule has 15 atom stereocenters. The van der Waals surface area contributed by atoms with Gasteiger partial charge in [-0.15, -0.1) is 0 Å². The van der Waals surface area contributed by atoms with Gasteiger partial charge in [0.1, 0.15) is 17.8 Å². The molecule has 42 heavy (non-hydrogen) atoms. The molecule has 11 heteroatoms. The number of esters is 3. The Hall–Kier alpha value is -1.79. The van der Waals surface area contributed by atoms with Crippen molar-refractivity contribution in [3.63, 3.8) is 0 Å². The van der Waals surface area contributed by atoms with Crippen LogP contribution in [0.3, 0.4) is 0 Å². The Labute approximate surface area is 247 Å². The summed E-state index contributed by atoms with van der Waals surface area (Å²) in [6, 6.07) is -0.195. The standard InChI is InChI=1S/C31H47NO10/c1-10-28-13-32(6)24-21-22(38-8)23(28)30(24,19(37-7)11-14(28)2)18-12-29(36)25(40-15(3)33)20(18)31(21,42-17(5)35)27(26(29)39-9)41-16(4)34/h14,18-27,36H,10-13H2,1-9H3/t14-,18-,19+,20-,21+,22+,23-,24?,25-,26+,27+,28-,29-,30+,31-/m1/s1. The normalized spacial score (nSPS) is 53.4. The Kier molecular flexibility index (Phi) is 6.92. The first kappa shape index (κ1) is 30.2. The van der Waals surface area contributed by atoms with Gasteiger partial charge in [0, 0.05) is 77.9 Å². The van der Waals surface area contributed by atoms with E-state index in [9.17, 15) is 19.5 Å². The fourth-order valence-corrected chi connectivity index (χ4v) is 12.4. The second-order valence-electron chi connectivity index (χ2n) is 14.0. The highest BCUT2D eigenvalue weighted by molar-refractivity contribution is 5.69. The highest BCUT2D eigenvalue weighted by Crippen LogP contribution is 2.81. The first-order valence-electron chi connectivity index (χ1n) is 15.3. The summed E-state index contributed by atoms with van der Waals surface area (Å²) >= 11 is 0. The van der Waals surface area contributed by atoms with Gasteiger partial charge in [0.15, 0.2) is 11.7 Å². The second kappa shape index (κ2) is 9.60. The molecule has 1 unspecified atom stereocenters. The van der Waals surface area contributed by atoms with Crippen LogP contribution in [0.15, 0.2) is 0 Å². The van der Waals surface area contributed by atoms with Crippen molar-refractivity contribution in [3.8, 4) is 0 Å². The Morgan fingerprint density at radius 2 is 1.55 bits per heavy atom. The molecule has 1 N–H and O–H groups in total. The van der Waals surface area contributed by atoms with Crippen LogP contribution in [-0.2, 0) is 42.8 Å². The zero-order valence-electron chi connectivity index (χ0n) is 26.2. The van der Waals surface area contributed by atoms with Gasteiger partial charge in [-0.25, -0.2) is 0 Å². The zero-order chi connectivity index (χ0) is 30.7. The largest absolute Gasteiger partial charge is 0.459 e. The lowest BCUT2D eigenvalue weighted by Crippen LogP contribution is -2.81. The van der Waals surface area contributed by atoms with E-state index >= 15 is 0 Å². The lowest BCUT2D eigenvalue weighted by molar-refractivity contribution is -0.321. The molecule has 1 saturated heterocycles. The number of nitrogens with zero attached hydrogens (tertiary/aromatic N) is 1. The minimum absolute atomic E-state index is 0.0118. The van der Waals surface area contributed by atoms with E-state index in [1.807, 2.05) is 0 Å². The third-order valence-corrected chi connectivity index (χ3v) is 12.9. The lowest BCUT2D eigenvalue weighted by Gasteiger charge is -2.70. The molecule has 0 aromatic rings. The Morgan fingerprint density at radius 3 is 2.07 bits per heavy atom. The smallest absolute Gasteiger partial charge is 0.303 e. The van der Waals surface area contributed by atoms with E-state index in [1.54, 1.807) is 14.2 Å². The van der Waals surface area contributed by atoms with Crippen LogP contribution in [0, 0.1) is 40.4 Å². The van der Waals surface area contributed by atoms with Crippen LogP contribution in [-0.4, -0.2) is 111 Å². The number of carbonyl (C=O) groups is 3. The van der Waals surface area contributed by atoms with Gasteiger partial charge in [0.05, 0.1) is 12.2 Å². The molecule has 6 rings (SSSR count). The Morgan fingerprint density at radius 1 is 0.905 bits per heavy atom. The van der Waals surface area contributed by atoms with Crippen LogP contribution >= 0.6 is 0 Å². The van der Waals surface area contributed by atoms with Crippen LogP contribution < -0.4 is 0 Å². The van der Waals surface area contributed by atoms with E-state index in [0.717, 1.165) is 19.4 Å². The van der Waals surface area contributed by atoms with Crippen molar-refractivity contribution in [3.05, 3.63) is 0 Å². The summed E-state index contributed by atoms with van der Waals surface area (Å²) < 4.78 is 37.7. The Balaban J connectivity index is 1.74. The highest BCUT2D eigenvalue weighted by Gasteiger charge is 2.92. The van der Waals surface area contributed by atoms with E-state index in [-0.39, 0.29) is 35.8 Å². The van der Waals surface area contributed by atoms with Gasteiger partial charge in [-0.1, -0.05) is 13.8 Å². The first-order valence-corrected chi connectivity index (χ1v) is 15.3. The van der Waals surface area contributed by atoms with E-state index in [4.69, 9.17) is 28.4 Å². The first-order chi connectivity index (χ1) is 19.8. The number of carbonyl (C=O) groups excluding carboxylic acids is 3. The fraction of sp³-hybridized carbons (Fsp3) is 0.903. The van der Waals surface area contributed by atoms with Crippen molar-refractivity contribution in [1.29, 1.82) is 0 Å². The maximum atomic E-state index is 13.2. The van der Waals surface area contributed by atoms with Crippen molar-refractivity contribution in [1.82, 2.24) is 4.90 Å². The molecule has 236 valence electrons. The molecule has 6 aliphatic rings. The molecule has 5 saturated carbocycles. The summed E-state index contributed by atoms with van der Waals surface area (Å²) in [5, 5.41) is 12.7. The van der Waals surface area contributed by atoms with E-state index in [0.29, 0.717) is 5.92 Å². The van der Waals surface area contributed by atoms with Crippen LogP contribution in [0.1, 0.15) is 53.9 Å². The maximum Gasteiger partial charge on any atom is 0.303 e. The number of fused-ring (bicyclic) bond motifs is 2. The van der Waals surface area contributed by atoms with Crippen molar-refractivity contribution < 1.29 is 47.9 Å². The van der Waals surface area contributed by atoms with Crippen LogP contribution in [0.25, 0.3) is 0 Å². The number of ether oxygens (including phenoxy) is 6. The zero-order valence-corrected chi connectivity index (χ0v) is 26.2. The van der Waals surface area contributed by atoms with Crippen LogP contribution in [0.4, 0.5) is 0 Å². The molecule has 1 spiro atoms. The van der Waals surface area contributed by atoms with Gasteiger partial charge in [-0.2, -0.15) is 0 Å². The third-order valence-electron chi connectivity index (χ3n) is 12.9. The summed E-state index contributed by atoms with van der Waals surface area (Å²) in [5.74, 6) is -2.94. The van der Waals surface area contributed by atoms with Crippen molar-refractivity contribution in [2.24, 2.45) is 40.4 Å². The van der Waals surface area contributed by atoms with E-state index in [2.05, 4.69) is 25.8 Å². The third kappa shape index (κ3) is 3.22. The van der Waals surface area contributed by atoms with Gasteiger partial charge in [0.25, 0.3) is 0 Å². The average Bonchev–Trinajstić information content (AvgIpc) is 3.29. The number of likely N-dealkylation sites (tertiary alicyclic amines) is 1. The number of aliphatic hydroxyl groups is 1. The fourth-order valence-electron chi connectivity index (χ4n) is 12.4. The number of hydrogen-bond acceptors (Lipinski definition) is 11. The quantitative estimate of drug-likeness (QED) is 0.341. The van der Waals surface area contributed by atoms with Crippen LogP contribution in [0.5, 0.6) is 0 Å². The number of hydrogen-bond donors (Lipinski definition) is 1. The maximum absolute atomic E-state index is 13.2. The van der Waals surface area contributed by atoms with Crippen LogP contribution in [0.2, 0.25) is 0 Å². The molecule has 5 aliphatic carbocycles. The summed E-state index contributed by atoms with van der Waals surface area (Å²) in [7, 11) is 7.01. The molecule has 0 aromatic carbocycles. The average molecular weight is 594 g/mol. The van der Waals surface area contributed by atoms with Crippen molar-refractivity contribution in [2.75, 3.05) is 34.9 Å². The molecule has 1 heterocycles. The summed E-state index contributed by atoms with van der Waals surface area (Å²) in [4.78, 5) is 41.1. The summed E-state index contributed by atoms with van der Waals surface area (Å²) in [6.45, 7) is 9.31.